The molecule has 9 nitrogen and oxygen atoms in total. The molecule has 0 unspecified atom stereocenters. The van der Waals surface area contributed by atoms with Crippen LogP contribution in [0.4, 0.5) is 14.6 Å². The molecule has 3 aromatic rings. The molecule has 35 heavy (non-hydrogen) atoms. The molecular formula is C24H24F2N6O3. The summed E-state index contributed by atoms with van der Waals surface area (Å²) in [6.45, 7) is 3.83. The number of aliphatic carboxylic acids is 1. The van der Waals surface area contributed by atoms with Crippen LogP contribution in [0.5, 0.6) is 0 Å². The average Bonchev–Trinajstić information content (AvgIpc) is 3.48. The molecular weight excluding hydrogens is 458 g/mol. The van der Waals surface area contributed by atoms with Crippen LogP contribution in [0.2, 0.25) is 0 Å². The van der Waals surface area contributed by atoms with Crippen LogP contribution >= 0.6 is 0 Å². The minimum absolute atomic E-state index is 0.0363. The highest BCUT2D eigenvalue weighted by Crippen LogP contribution is 2.29. The van der Waals surface area contributed by atoms with Gasteiger partial charge in [0.1, 0.15) is 24.3 Å². The third-order valence-corrected chi connectivity index (χ3v) is 5.80. The van der Waals surface area contributed by atoms with Crippen LogP contribution in [0, 0.1) is 17.6 Å². The van der Waals surface area contributed by atoms with Crippen LogP contribution in [0.15, 0.2) is 54.3 Å². The Morgan fingerprint density at radius 1 is 1.34 bits per heavy atom. The summed E-state index contributed by atoms with van der Waals surface area (Å²) in [7, 11) is 1.39. The van der Waals surface area contributed by atoms with Crippen molar-refractivity contribution in [1.29, 1.82) is 0 Å². The van der Waals surface area contributed by atoms with Gasteiger partial charge < -0.3 is 15.3 Å². The fraction of sp³-hybridized carbons (Fsp3) is 0.292. The maximum atomic E-state index is 14.5. The summed E-state index contributed by atoms with van der Waals surface area (Å²) in [6.07, 6.45) is 3.99. The summed E-state index contributed by atoms with van der Waals surface area (Å²) in [4.78, 5) is 24.5. The molecule has 1 saturated carbocycles. The zero-order valence-electron chi connectivity index (χ0n) is 19.0. The van der Waals surface area contributed by atoms with E-state index in [0.717, 1.165) is 6.20 Å². The molecule has 1 aliphatic carbocycles. The summed E-state index contributed by atoms with van der Waals surface area (Å²) in [5, 5.41) is 20.7. The number of allylic oxidation sites excluding steroid dienone is 1. The first-order valence-electron chi connectivity index (χ1n) is 11.0. The Kier molecular flexibility index (Phi) is 7.14. The first-order valence-corrected chi connectivity index (χ1v) is 11.0. The van der Waals surface area contributed by atoms with Gasteiger partial charge in [-0.3, -0.25) is 9.48 Å². The second-order valence-corrected chi connectivity index (χ2v) is 8.11. The Bertz CT molecular complexity index is 1280. The Hall–Kier alpha value is -4.15. The van der Waals surface area contributed by atoms with Gasteiger partial charge in [0.2, 0.25) is 0 Å². The van der Waals surface area contributed by atoms with Crippen molar-refractivity contribution in [3.63, 3.8) is 0 Å². The first-order chi connectivity index (χ1) is 16.9. The van der Waals surface area contributed by atoms with E-state index in [0.29, 0.717) is 41.9 Å². The monoisotopic (exact) mass is 482 g/mol. The van der Waals surface area contributed by atoms with Crippen LogP contribution in [0.25, 0.3) is 11.5 Å². The molecule has 4 rings (SSSR count). The van der Waals surface area contributed by atoms with E-state index < -0.39 is 17.7 Å². The number of anilines is 1. The molecule has 0 radical (unpaired) electrons. The van der Waals surface area contributed by atoms with Gasteiger partial charge in [0.05, 0.1) is 24.4 Å². The smallest absolute Gasteiger partial charge is 0.306 e. The number of carboxylic acids is 1. The second-order valence-electron chi connectivity index (χ2n) is 8.11. The Labute approximate surface area is 200 Å². The van der Waals surface area contributed by atoms with Gasteiger partial charge >= 0.3 is 5.97 Å². The number of hydrogen-bond acceptors (Lipinski definition) is 7. The van der Waals surface area contributed by atoms with E-state index >= 15 is 0 Å². The number of halogens is 2. The maximum Gasteiger partial charge on any atom is 0.306 e. The van der Waals surface area contributed by atoms with Crippen molar-refractivity contribution in [3.05, 3.63) is 72.1 Å². The zero-order chi connectivity index (χ0) is 24.9. The number of carbonyl (C=O) groups is 1. The van der Waals surface area contributed by atoms with Crippen LogP contribution in [-0.2, 0) is 16.2 Å². The largest absolute Gasteiger partial charge is 0.481 e. The van der Waals surface area contributed by atoms with E-state index in [9.17, 15) is 18.7 Å². The third kappa shape index (κ3) is 5.34. The molecule has 0 saturated heterocycles. The van der Waals surface area contributed by atoms with Crippen molar-refractivity contribution in [2.75, 3.05) is 12.4 Å². The molecule has 0 spiro atoms. The van der Waals surface area contributed by atoms with E-state index in [1.807, 2.05) is 0 Å². The predicted molar refractivity (Wildman–Crippen MR) is 125 cm³/mol. The average molecular weight is 482 g/mol. The van der Waals surface area contributed by atoms with Gasteiger partial charge in [-0.1, -0.05) is 29.9 Å². The van der Waals surface area contributed by atoms with E-state index in [1.165, 1.54) is 23.9 Å². The van der Waals surface area contributed by atoms with Gasteiger partial charge in [0.15, 0.2) is 17.5 Å². The molecule has 0 bridgehead atoms. The number of aromatic nitrogens is 4. The second kappa shape index (κ2) is 10.4. The molecule has 2 heterocycles. The van der Waals surface area contributed by atoms with Crippen molar-refractivity contribution in [3.8, 4) is 11.5 Å². The number of hydrogen-bond donors (Lipinski definition) is 2. The first kappa shape index (κ1) is 24.0. The SMILES string of the molecule is C=C/C(=N\OC)c1cc(-c2ncc(F)c(N[C@@H]3CC[C@H](C(=O)O)C3)n2)nn1Cc1ccccc1F. The standard InChI is InChI=1S/C24H24F2N6O3/c1-3-19(31-35-2)21-11-20(30-32(21)13-15-6-4-5-7-17(15)25)23-27-12-18(26)22(29-23)28-16-9-8-14(10-16)24(33)34/h3-7,11-12,14,16H,1,8-10,13H2,2H3,(H,33,34)(H,27,28,29)/b31-19+/t14-,16+/m0/s1. The number of carboxylic acid groups (broad SMARTS) is 1. The van der Waals surface area contributed by atoms with Crippen molar-refractivity contribution < 1.29 is 23.5 Å². The fourth-order valence-corrected chi connectivity index (χ4v) is 4.05. The summed E-state index contributed by atoms with van der Waals surface area (Å²) >= 11 is 0. The summed E-state index contributed by atoms with van der Waals surface area (Å²) in [5.41, 5.74) is 1.54. The molecule has 1 aromatic carbocycles. The van der Waals surface area contributed by atoms with E-state index in [1.54, 1.807) is 24.3 Å². The van der Waals surface area contributed by atoms with Gasteiger partial charge in [-0.15, -0.1) is 0 Å². The highest BCUT2D eigenvalue weighted by Gasteiger charge is 2.30. The van der Waals surface area contributed by atoms with Crippen LogP contribution in [0.3, 0.4) is 0 Å². The minimum atomic E-state index is -0.859. The quantitative estimate of drug-likeness (QED) is 0.351. The van der Waals surface area contributed by atoms with Gasteiger partial charge in [-0.25, -0.2) is 18.7 Å². The highest BCUT2D eigenvalue weighted by molar-refractivity contribution is 6.07. The summed E-state index contributed by atoms with van der Waals surface area (Å²) < 4.78 is 30.3. The fourth-order valence-electron chi connectivity index (χ4n) is 4.05. The molecule has 1 aliphatic rings. The maximum absolute atomic E-state index is 14.5. The number of nitrogens with one attached hydrogen (secondary N) is 1. The van der Waals surface area contributed by atoms with Gasteiger partial charge in [0, 0.05) is 11.6 Å². The van der Waals surface area contributed by atoms with Crippen molar-refractivity contribution in [1.82, 2.24) is 19.7 Å². The topological polar surface area (TPSA) is 115 Å². The number of oxime groups is 1. The Morgan fingerprint density at radius 3 is 2.83 bits per heavy atom. The Morgan fingerprint density at radius 2 is 2.14 bits per heavy atom. The third-order valence-electron chi connectivity index (χ3n) is 5.80. The van der Waals surface area contributed by atoms with Crippen molar-refractivity contribution in [2.24, 2.45) is 11.1 Å². The van der Waals surface area contributed by atoms with E-state index in [-0.39, 0.29) is 30.0 Å². The lowest BCUT2D eigenvalue weighted by molar-refractivity contribution is -0.141. The van der Waals surface area contributed by atoms with Crippen LogP contribution in [-0.4, -0.2) is 49.7 Å². The van der Waals surface area contributed by atoms with Gasteiger partial charge in [-0.2, -0.15) is 5.10 Å². The predicted octanol–water partition coefficient (Wildman–Crippen LogP) is 3.87. The lowest BCUT2D eigenvalue weighted by atomic mass is 10.1. The lowest BCUT2D eigenvalue weighted by Crippen LogP contribution is -2.19. The number of nitrogens with zero attached hydrogens (tertiary/aromatic N) is 5. The van der Waals surface area contributed by atoms with Gasteiger partial charge in [0.25, 0.3) is 0 Å². The molecule has 0 aliphatic heterocycles. The molecule has 1 fully saturated rings. The molecule has 11 heteroatoms. The molecule has 0 amide bonds. The summed E-state index contributed by atoms with van der Waals surface area (Å²) in [5.74, 6) is -2.28. The Balaban J connectivity index is 1.67. The normalized spacial score (nSPS) is 17.9. The lowest BCUT2D eigenvalue weighted by Gasteiger charge is -2.14. The van der Waals surface area contributed by atoms with E-state index in [2.05, 4.69) is 32.1 Å². The van der Waals surface area contributed by atoms with E-state index in [4.69, 9.17) is 4.84 Å². The number of benzene rings is 1. The molecule has 2 N–H and O–H groups in total. The van der Waals surface area contributed by atoms with Crippen molar-refractivity contribution in [2.45, 2.75) is 31.8 Å². The van der Waals surface area contributed by atoms with Gasteiger partial charge in [-0.05, 0) is 37.5 Å². The molecule has 2 atom stereocenters. The van der Waals surface area contributed by atoms with Crippen LogP contribution < -0.4 is 5.32 Å². The highest BCUT2D eigenvalue weighted by atomic mass is 19.1. The molecule has 2 aromatic heterocycles. The van der Waals surface area contributed by atoms with Crippen molar-refractivity contribution >= 4 is 17.5 Å². The molecule has 182 valence electrons. The minimum Gasteiger partial charge on any atom is -0.481 e. The number of rotatable bonds is 9. The zero-order valence-corrected chi connectivity index (χ0v) is 19.0. The van der Waals surface area contributed by atoms with Crippen LogP contribution in [0.1, 0.15) is 30.5 Å². The summed E-state index contributed by atoms with van der Waals surface area (Å²) in [6, 6.07) is 7.73.